The number of ketones is 1. The van der Waals surface area contributed by atoms with Crippen molar-refractivity contribution in [1.82, 2.24) is 0 Å². The van der Waals surface area contributed by atoms with E-state index < -0.39 is 18.4 Å². The molecule has 0 radical (unpaired) electrons. The molecular formula is C19H17Cl3O6S. The molecule has 0 saturated heterocycles. The first-order valence-corrected chi connectivity index (χ1v) is 10.2. The third-order valence-corrected chi connectivity index (χ3v) is 6.13. The fourth-order valence-electron chi connectivity index (χ4n) is 2.27. The molecule has 0 atom stereocenters. The number of methoxy groups -OCH3 is 3. The molecule has 0 unspecified atom stereocenters. The summed E-state index contributed by atoms with van der Waals surface area (Å²) in [6.07, 6.45) is 0. The van der Waals surface area contributed by atoms with Gasteiger partial charge in [0.25, 0.3) is 0 Å². The van der Waals surface area contributed by atoms with Crippen molar-refractivity contribution in [1.29, 1.82) is 0 Å². The predicted octanol–water partition coefficient (Wildman–Crippen LogP) is 5.19. The summed E-state index contributed by atoms with van der Waals surface area (Å²) in [5.74, 6) is -0.0514. The van der Waals surface area contributed by atoms with Crippen molar-refractivity contribution < 1.29 is 28.5 Å². The topological polar surface area (TPSA) is 71.1 Å². The number of hydrogen-bond acceptors (Lipinski definition) is 7. The van der Waals surface area contributed by atoms with Crippen molar-refractivity contribution in [2.45, 2.75) is 4.90 Å². The van der Waals surface area contributed by atoms with Gasteiger partial charge in [-0.2, -0.15) is 0 Å². The predicted molar refractivity (Wildman–Crippen MR) is 114 cm³/mol. The van der Waals surface area contributed by atoms with Crippen molar-refractivity contribution in [3.63, 3.8) is 0 Å². The Hall–Kier alpha value is -1.80. The van der Waals surface area contributed by atoms with Gasteiger partial charge in [-0.15, -0.1) is 11.8 Å². The first-order chi connectivity index (χ1) is 13.8. The van der Waals surface area contributed by atoms with Gasteiger partial charge >= 0.3 is 5.97 Å². The third kappa shape index (κ3) is 5.85. The van der Waals surface area contributed by atoms with Gasteiger partial charge in [0, 0.05) is 10.5 Å². The second kappa shape index (κ2) is 10.8. The van der Waals surface area contributed by atoms with Crippen LogP contribution in [0.25, 0.3) is 0 Å². The number of benzene rings is 2. The maximum Gasteiger partial charge on any atom is 0.316 e. The number of halogens is 3. The number of ether oxygens (including phenoxy) is 4. The van der Waals surface area contributed by atoms with Crippen LogP contribution < -0.4 is 14.2 Å². The molecular weight excluding hydrogens is 463 g/mol. The van der Waals surface area contributed by atoms with E-state index in [9.17, 15) is 9.59 Å². The minimum Gasteiger partial charge on any atom is -0.493 e. The van der Waals surface area contributed by atoms with E-state index in [1.165, 1.54) is 33.5 Å². The Kier molecular flexibility index (Phi) is 8.77. The van der Waals surface area contributed by atoms with Gasteiger partial charge in [0.1, 0.15) is 0 Å². The van der Waals surface area contributed by atoms with Gasteiger partial charge in [0.05, 0.1) is 42.2 Å². The van der Waals surface area contributed by atoms with Crippen LogP contribution in [0.15, 0.2) is 29.2 Å². The number of carbonyl (C=O) groups is 2. The molecule has 156 valence electrons. The van der Waals surface area contributed by atoms with Gasteiger partial charge in [-0.1, -0.05) is 34.8 Å². The summed E-state index contributed by atoms with van der Waals surface area (Å²) in [7, 11) is 4.34. The number of carbonyl (C=O) groups excluding carboxylic acids is 2. The number of Topliss-reactive ketones (excluding diaryl/α,β-unsaturated/α-hetero) is 1. The van der Waals surface area contributed by atoms with Crippen molar-refractivity contribution in [3.05, 3.63) is 44.9 Å². The summed E-state index contributed by atoms with van der Waals surface area (Å²) in [5.41, 5.74) is 0.257. The standard InChI is InChI=1S/C19H17Cl3O6S/c1-25-13-6-10(7-14(26-2)19(13)27-3)12(23)8-28-16(24)9-29-15-5-4-11(20)17(21)18(15)22/h4-7H,8-9H2,1-3H3. The van der Waals surface area contributed by atoms with Gasteiger partial charge in [0.15, 0.2) is 18.1 Å². The molecule has 0 bridgehead atoms. The Labute approximate surface area is 187 Å². The molecule has 0 amide bonds. The summed E-state index contributed by atoms with van der Waals surface area (Å²) in [6.45, 7) is -0.437. The van der Waals surface area contributed by atoms with Crippen LogP contribution in [0.1, 0.15) is 10.4 Å². The van der Waals surface area contributed by atoms with Gasteiger partial charge < -0.3 is 18.9 Å². The van der Waals surface area contributed by atoms with Gasteiger partial charge in [-0.25, -0.2) is 0 Å². The molecule has 2 aromatic rings. The second-order valence-electron chi connectivity index (χ2n) is 5.46. The van der Waals surface area contributed by atoms with Crippen LogP contribution >= 0.6 is 46.6 Å². The smallest absolute Gasteiger partial charge is 0.316 e. The van der Waals surface area contributed by atoms with Gasteiger partial charge in [0.2, 0.25) is 11.5 Å². The van der Waals surface area contributed by atoms with Crippen LogP contribution in [0.2, 0.25) is 15.1 Å². The minimum atomic E-state index is -0.585. The number of hydrogen-bond donors (Lipinski definition) is 0. The first kappa shape index (κ1) is 23.5. The van der Waals surface area contributed by atoms with E-state index in [0.29, 0.717) is 27.2 Å². The van der Waals surface area contributed by atoms with Gasteiger partial charge in [-0.3, -0.25) is 9.59 Å². The van der Waals surface area contributed by atoms with E-state index in [-0.39, 0.29) is 21.4 Å². The van der Waals surface area contributed by atoms with Crippen LogP contribution in [0.3, 0.4) is 0 Å². The summed E-state index contributed by atoms with van der Waals surface area (Å²) < 4.78 is 20.7. The third-order valence-electron chi connectivity index (χ3n) is 3.70. The molecule has 0 spiro atoms. The van der Waals surface area contributed by atoms with Crippen molar-refractivity contribution >= 4 is 58.3 Å². The average Bonchev–Trinajstić information content (AvgIpc) is 2.73. The molecule has 2 aromatic carbocycles. The summed E-state index contributed by atoms with van der Waals surface area (Å²) in [6, 6.07) is 6.20. The fraction of sp³-hybridized carbons (Fsp3) is 0.263. The summed E-state index contributed by atoms with van der Waals surface area (Å²) >= 11 is 19.1. The highest BCUT2D eigenvalue weighted by Crippen LogP contribution is 2.39. The first-order valence-electron chi connectivity index (χ1n) is 8.07. The molecule has 0 saturated carbocycles. The van der Waals surface area contributed by atoms with Crippen LogP contribution in [-0.4, -0.2) is 45.4 Å². The molecule has 0 aliphatic heterocycles. The van der Waals surface area contributed by atoms with Crippen LogP contribution in [0.5, 0.6) is 17.2 Å². The Bertz CT molecular complexity index is 894. The molecule has 0 N–H and O–H groups in total. The Morgan fingerprint density at radius 1 is 0.931 bits per heavy atom. The summed E-state index contributed by atoms with van der Waals surface area (Å²) in [5, 5.41) is 0.786. The SMILES string of the molecule is COc1cc(C(=O)COC(=O)CSc2ccc(Cl)c(Cl)c2Cl)cc(OC)c1OC. The van der Waals surface area contributed by atoms with Gasteiger partial charge in [-0.05, 0) is 24.3 Å². The lowest BCUT2D eigenvalue weighted by atomic mass is 10.1. The van der Waals surface area contributed by atoms with E-state index in [1.807, 2.05) is 0 Å². The van der Waals surface area contributed by atoms with E-state index in [2.05, 4.69) is 0 Å². The highest BCUT2D eigenvalue weighted by atomic mass is 35.5. The quantitative estimate of drug-likeness (QED) is 0.212. The van der Waals surface area contributed by atoms with E-state index in [4.69, 9.17) is 53.8 Å². The molecule has 0 fully saturated rings. The number of rotatable bonds is 9. The molecule has 10 heteroatoms. The second-order valence-corrected chi connectivity index (χ2v) is 7.64. The molecule has 6 nitrogen and oxygen atoms in total. The zero-order valence-electron chi connectivity index (χ0n) is 15.7. The van der Waals surface area contributed by atoms with Crippen LogP contribution in [-0.2, 0) is 9.53 Å². The summed E-state index contributed by atoms with van der Waals surface area (Å²) in [4.78, 5) is 25.0. The number of thioether (sulfide) groups is 1. The van der Waals surface area contributed by atoms with Crippen LogP contribution in [0.4, 0.5) is 0 Å². The molecule has 2 rings (SSSR count). The Balaban J connectivity index is 1.98. The molecule has 0 aliphatic rings. The lowest BCUT2D eigenvalue weighted by Crippen LogP contribution is -2.16. The lowest BCUT2D eigenvalue weighted by Gasteiger charge is -2.13. The fourth-order valence-corrected chi connectivity index (χ4v) is 3.77. The zero-order valence-corrected chi connectivity index (χ0v) is 18.8. The Morgan fingerprint density at radius 3 is 2.10 bits per heavy atom. The number of esters is 1. The zero-order chi connectivity index (χ0) is 21.6. The highest BCUT2D eigenvalue weighted by Gasteiger charge is 2.18. The monoisotopic (exact) mass is 478 g/mol. The average molecular weight is 480 g/mol. The van der Waals surface area contributed by atoms with Crippen molar-refractivity contribution in [2.24, 2.45) is 0 Å². The molecule has 0 aromatic heterocycles. The largest absolute Gasteiger partial charge is 0.493 e. The van der Waals surface area contributed by atoms with E-state index in [1.54, 1.807) is 12.1 Å². The minimum absolute atomic E-state index is 0.0553. The van der Waals surface area contributed by atoms with Crippen LogP contribution in [0, 0.1) is 0 Å². The maximum absolute atomic E-state index is 12.4. The lowest BCUT2D eigenvalue weighted by molar-refractivity contribution is -0.139. The van der Waals surface area contributed by atoms with Crippen molar-refractivity contribution in [3.8, 4) is 17.2 Å². The maximum atomic E-state index is 12.4. The molecule has 0 aliphatic carbocycles. The normalized spacial score (nSPS) is 10.4. The van der Waals surface area contributed by atoms with E-state index >= 15 is 0 Å². The highest BCUT2D eigenvalue weighted by molar-refractivity contribution is 8.00. The molecule has 0 heterocycles. The van der Waals surface area contributed by atoms with E-state index in [0.717, 1.165) is 11.8 Å². The van der Waals surface area contributed by atoms with Crippen molar-refractivity contribution in [2.75, 3.05) is 33.7 Å². The molecule has 29 heavy (non-hydrogen) atoms. The Morgan fingerprint density at radius 2 is 1.55 bits per heavy atom.